The molecule has 1 aliphatic carbocycles. The zero-order chi connectivity index (χ0) is 16.2. The number of hydrogen-bond acceptors (Lipinski definition) is 2. The molecule has 1 aliphatic rings. The molecule has 2 amide bonds. The number of carbonyl (C=O) groups is 1. The van der Waals surface area contributed by atoms with Crippen molar-refractivity contribution in [3.63, 3.8) is 0 Å². The van der Waals surface area contributed by atoms with Gasteiger partial charge in [0.25, 0.3) is 0 Å². The van der Waals surface area contributed by atoms with E-state index in [1.165, 1.54) is 7.11 Å². The molecule has 4 nitrogen and oxygen atoms in total. The molecule has 2 N–H and O–H groups in total. The summed E-state index contributed by atoms with van der Waals surface area (Å²) in [6.07, 6.45) is -3.10. The minimum atomic E-state index is -4.19. The number of anilines is 1. The van der Waals surface area contributed by atoms with Gasteiger partial charge in [0.15, 0.2) is 0 Å². The van der Waals surface area contributed by atoms with Crippen LogP contribution in [0.3, 0.4) is 0 Å². The second-order valence-electron chi connectivity index (χ2n) is 5.40. The molecule has 0 radical (unpaired) electrons. The van der Waals surface area contributed by atoms with Gasteiger partial charge in [0, 0.05) is 6.04 Å². The van der Waals surface area contributed by atoms with Crippen molar-refractivity contribution in [1.82, 2.24) is 5.32 Å². The molecule has 2 rings (SSSR count). The van der Waals surface area contributed by atoms with E-state index in [4.69, 9.17) is 4.74 Å². The molecule has 1 aromatic rings. The molecule has 0 unspecified atom stereocenters. The molecule has 22 heavy (non-hydrogen) atoms. The Kier molecular flexibility index (Phi) is 5.15. The fourth-order valence-electron chi connectivity index (χ4n) is 2.71. The van der Waals surface area contributed by atoms with Crippen LogP contribution >= 0.6 is 0 Å². The van der Waals surface area contributed by atoms with Crippen molar-refractivity contribution in [3.05, 3.63) is 24.3 Å². The lowest BCUT2D eigenvalue weighted by atomic mass is 9.85. The summed E-state index contributed by atoms with van der Waals surface area (Å²) in [5.74, 6) is -0.840. The van der Waals surface area contributed by atoms with Gasteiger partial charge in [-0.25, -0.2) is 4.79 Å². The molecule has 0 saturated heterocycles. The van der Waals surface area contributed by atoms with Gasteiger partial charge < -0.3 is 15.4 Å². The van der Waals surface area contributed by atoms with Crippen LogP contribution in [0.15, 0.2) is 24.3 Å². The number of carbonyl (C=O) groups excluding carboxylic acids is 1. The second kappa shape index (κ2) is 6.89. The Bertz CT molecular complexity index is 520. The standard InChI is InChI=1S/C15H19F3N2O2/c1-22-13-8-3-2-7-12(13)20-14(21)19-11-6-4-5-10(9-11)15(16,17)18/h2-3,7-8,10-11H,4-6,9H2,1H3,(H2,19,20,21)/t10-,11+/m0/s1. The minimum Gasteiger partial charge on any atom is -0.495 e. The Hall–Kier alpha value is -1.92. The van der Waals surface area contributed by atoms with E-state index in [2.05, 4.69) is 10.6 Å². The van der Waals surface area contributed by atoms with Crippen LogP contribution in [0.2, 0.25) is 0 Å². The maximum absolute atomic E-state index is 12.8. The van der Waals surface area contributed by atoms with E-state index in [1.807, 2.05) is 0 Å². The third-order valence-corrected chi connectivity index (χ3v) is 3.83. The second-order valence-corrected chi connectivity index (χ2v) is 5.40. The molecule has 122 valence electrons. The number of rotatable bonds is 3. The number of ether oxygens (including phenoxy) is 1. The zero-order valence-corrected chi connectivity index (χ0v) is 12.2. The van der Waals surface area contributed by atoms with E-state index >= 15 is 0 Å². The molecule has 7 heteroatoms. The summed E-state index contributed by atoms with van der Waals surface area (Å²) < 4.78 is 43.4. The number of amides is 2. The summed E-state index contributed by atoms with van der Waals surface area (Å²) in [6, 6.07) is 5.87. The minimum absolute atomic E-state index is 0.0666. The normalized spacial score (nSPS) is 22.0. The van der Waals surface area contributed by atoms with E-state index in [-0.39, 0.29) is 12.8 Å². The Morgan fingerprint density at radius 1 is 1.27 bits per heavy atom. The van der Waals surface area contributed by atoms with Crippen molar-refractivity contribution in [1.29, 1.82) is 0 Å². The molecule has 1 aromatic carbocycles. The van der Waals surface area contributed by atoms with Crippen LogP contribution in [-0.2, 0) is 0 Å². The Morgan fingerprint density at radius 2 is 2.00 bits per heavy atom. The molecule has 2 atom stereocenters. The topological polar surface area (TPSA) is 50.4 Å². The lowest BCUT2D eigenvalue weighted by Crippen LogP contribution is -2.43. The van der Waals surface area contributed by atoms with Gasteiger partial charge in [-0.15, -0.1) is 0 Å². The predicted molar refractivity (Wildman–Crippen MR) is 76.9 cm³/mol. The predicted octanol–water partition coefficient (Wildman–Crippen LogP) is 3.94. The first-order valence-electron chi connectivity index (χ1n) is 7.17. The Balaban J connectivity index is 1.92. The lowest BCUT2D eigenvalue weighted by molar-refractivity contribution is -0.183. The summed E-state index contributed by atoms with van der Waals surface area (Å²) >= 11 is 0. The van der Waals surface area contributed by atoms with Crippen LogP contribution in [-0.4, -0.2) is 25.4 Å². The number of nitrogens with one attached hydrogen (secondary N) is 2. The lowest BCUT2D eigenvalue weighted by Gasteiger charge is -2.31. The first kappa shape index (κ1) is 16.5. The molecule has 0 aliphatic heterocycles. The average Bonchev–Trinajstić information content (AvgIpc) is 2.47. The highest BCUT2D eigenvalue weighted by Crippen LogP contribution is 2.37. The molecular weight excluding hydrogens is 297 g/mol. The van der Waals surface area contributed by atoms with Gasteiger partial charge in [-0.05, 0) is 31.4 Å². The van der Waals surface area contributed by atoms with Crippen LogP contribution in [0.25, 0.3) is 0 Å². The van der Waals surface area contributed by atoms with Gasteiger partial charge >= 0.3 is 12.2 Å². The van der Waals surface area contributed by atoms with Gasteiger partial charge in [0.2, 0.25) is 0 Å². The summed E-state index contributed by atoms with van der Waals surface area (Å²) in [7, 11) is 1.48. The molecule has 0 aromatic heterocycles. The number of hydrogen-bond donors (Lipinski definition) is 2. The Labute approximate surface area is 127 Å². The van der Waals surface area contributed by atoms with E-state index in [0.717, 1.165) is 0 Å². The number of alkyl halides is 3. The SMILES string of the molecule is COc1ccccc1NC(=O)N[C@@H]1CCC[C@H](C(F)(F)F)C1. The van der Waals surface area contributed by atoms with Crippen molar-refractivity contribution in [2.45, 2.75) is 37.9 Å². The molecular formula is C15H19F3N2O2. The highest BCUT2D eigenvalue weighted by molar-refractivity contribution is 5.91. The first-order chi connectivity index (χ1) is 10.4. The third-order valence-electron chi connectivity index (χ3n) is 3.83. The Morgan fingerprint density at radius 3 is 2.68 bits per heavy atom. The van der Waals surface area contributed by atoms with Gasteiger partial charge in [-0.3, -0.25) is 0 Å². The highest BCUT2D eigenvalue weighted by Gasteiger charge is 2.42. The summed E-state index contributed by atoms with van der Waals surface area (Å²) in [6.45, 7) is 0. The molecule has 1 fully saturated rings. The summed E-state index contributed by atoms with van der Waals surface area (Å²) in [4.78, 5) is 11.9. The maximum Gasteiger partial charge on any atom is 0.391 e. The molecule has 0 spiro atoms. The number of urea groups is 1. The first-order valence-corrected chi connectivity index (χ1v) is 7.17. The van der Waals surface area contributed by atoms with Gasteiger partial charge in [0.05, 0.1) is 18.7 Å². The van der Waals surface area contributed by atoms with E-state index in [1.54, 1.807) is 24.3 Å². The van der Waals surface area contributed by atoms with Crippen LogP contribution in [0, 0.1) is 5.92 Å². The van der Waals surface area contributed by atoms with Crippen molar-refractivity contribution in [3.8, 4) is 5.75 Å². The van der Waals surface area contributed by atoms with E-state index < -0.39 is 24.2 Å². The summed E-state index contributed by atoms with van der Waals surface area (Å²) in [5.41, 5.74) is 0.477. The van der Waals surface area contributed by atoms with E-state index in [9.17, 15) is 18.0 Å². The van der Waals surface area contributed by atoms with Crippen molar-refractivity contribution in [2.24, 2.45) is 5.92 Å². The average molecular weight is 316 g/mol. The summed E-state index contributed by atoms with van der Waals surface area (Å²) in [5, 5.41) is 5.22. The maximum atomic E-state index is 12.8. The fourth-order valence-corrected chi connectivity index (χ4v) is 2.71. The number of methoxy groups -OCH3 is 1. The number of halogens is 3. The van der Waals surface area contributed by atoms with Gasteiger partial charge in [-0.1, -0.05) is 18.6 Å². The molecule has 0 bridgehead atoms. The zero-order valence-electron chi connectivity index (χ0n) is 12.2. The highest BCUT2D eigenvalue weighted by atomic mass is 19.4. The van der Waals surface area contributed by atoms with Crippen LogP contribution in [0.4, 0.5) is 23.7 Å². The van der Waals surface area contributed by atoms with Gasteiger partial charge in [0.1, 0.15) is 5.75 Å². The van der Waals surface area contributed by atoms with Gasteiger partial charge in [-0.2, -0.15) is 13.2 Å². The quantitative estimate of drug-likeness (QED) is 0.887. The van der Waals surface area contributed by atoms with Crippen LogP contribution in [0.1, 0.15) is 25.7 Å². The van der Waals surface area contributed by atoms with Crippen LogP contribution < -0.4 is 15.4 Å². The largest absolute Gasteiger partial charge is 0.495 e. The molecule has 1 saturated carbocycles. The van der Waals surface area contributed by atoms with Crippen LogP contribution in [0.5, 0.6) is 5.75 Å². The van der Waals surface area contributed by atoms with Crippen molar-refractivity contribution < 1.29 is 22.7 Å². The molecule has 0 heterocycles. The van der Waals surface area contributed by atoms with Crippen molar-refractivity contribution >= 4 is 11.7 Å². The number of benzene rings is 1. The third kappa shape index (κ3) is 4.29. The van der Waals surface area contributed by atoms with E-state index in [0.29, 0.717) is 24.3 Å². The van der Waals surface area contributed by atoms with Crippen molar-refractivity contribution in [2.75, 3.05) is 12.4 Å². The smallest absolute Gasteiger partial charge is 0.391 e. The fraction of sp³-hybridized carbons (Fsp3) is 0.533. The number of para-hydroxylation sites is 2. The monoisotopic (exact) mass is 316 g/mol.